The van der Waals surface area contributed by atoms with Crippen molar-refractivity contribution in [3.63, 3.8) is 0 Å². The molecule has 130 valence electrons. The predicted octanol–water partition coefficient (Wildman–Crippen LogP) is 4.27. The number of aromatic nitrogens is 2. The highest BCUT2D eigenvalue weighted by atomic mass is 16.5. The molecule has 0 bridgehead atoms. The Balaban J connectivity index is 1.63. The summed E-state index contributed by atoms with van der Waals surface area (Å²) in [4.78, 5) is 12.2. The van der Waals surface area contributed by atoms with Crippen LogP contribution >= 0.6 is 0 Å². The van der Waals surface area contributed by atoms with Gasteiger partial charge in [-0.25, -0.2) is 0 Å². The average molecular weight is 329 g/mol. The second-order valence-electron chi connectivity index (χ2n) is 6.68. The Hall–Kier alpha value is -2.04. The third-order valence-electron chi connectivity index (χ3n) is 4.89. The van der Waals surface area contributed by atoms with E-state index in [1.165, 1.54) is 32.1 Å². The number of aryl methyl sites for hydroxylation is 1. The highest BCUT2D eigenvalue weighted by Gasteiger charge is 2.15. The summed E-state index contributed by atoms with van der Waals surface area (Å²) < 4.78 is 7.38. The van der Waals surface area contributed by atoms with E-state index in [0.29, 0.717) is 18.9 Å². The zero-order valence-electron chi connectivity index (χ0n) is 14.7. The lowest BCUT2D eigenvalue weighted by Crippen LogP contribution is -2.14. The van der Waals surface area contributed by atoms with Gasteiger partial charge in [-0.3, -0.25) is 9.48 Å². The number of nitrogens with zero attached hydrogens (tertiary/aromatic N) is 2. The Morgan fingerprint density at radius 1 is 1.33 bits per heavy atom. The van der Waals surface area contributed by atoms with E-state index in [1.807, 2.05) is 32.2 Å². The zero-order valence-corrected chi connectivity index (χ0v) is 14.7. The Bertz CT molecular complexity index is 702. The van der Waals surface area contributed by atoms with Crippen molar-refractivity contribution in [3.05, 3.63) is 18.2 Å². The summed E-state index contributed by atoms with van der Waals surface area (Å²) in [6, 6.07) is 5.85. The summed E-state index contributed by atoms with van der Waals surface area (Å²) in [7, 11) is 1.90. The molecule has 0 unspecified atom stereocenters. The highest BCUT2D eigenvalue weighted by Crippen LogP contribution is 2.29. The Kier molecular flexibility index (Phi) is 5.38. The van der Waals surface area contributed by atoms with Crippen LogP contribution in [0.25, 0.3) is 10.9 Å². The summed E-state index contributed by atoms with van der Waals surface area (Å²) in [5, 5.41) is 8.33. The van der Waals surface area contributed by atoms with Gasteiger partial charge in [0.15, 0.2) is 0 Å². The Morgan fingerprint density at radius 2 is 2.12 bits per heavy atom. The highest BCUT2D eigenvalue weighted by molar-refractivity contribution is 5.95. The number of hydrogen-bond donors (Lipinski definition) is 1. The molecule has 2 aromatic rings. The largest absolute Gasteiger partial charge is 0.476 e. The van der Waals surface area contributed by atoms with Gasteiger partial charge in [-0.15, -0.1) is 5.10 Å². The van der Waals surface area contributed by atoms with Crippen molar-refractivity contribution >= 4 is 22.5 Å². The van der Waals surface area contributed by atoms with Crippen LogP contribution in [0.3, 0.4) is 0 Å². The van der Waals surface area contributed by atoms with Crippen LogP contribution in [0.2, 0.25) is 0 Å². The lowest BCUT2D eigenvalue weighted by molar-refractivity contribution is -0.116. The molecular formula is C19H27N3O2. The monoisotopic (exact) mass is 329 g/mol. The second-order valence-corrected chi connectivity index (χ2v) is 6.68. The van der Waals surface area contributed by atoms with Crippen molar-refractivity contribution in [2.75, 3.05) is 11.9 Å². The maximum atomic E-state index is 12.2. The van der Waals surface area contributed by atoms with E-state index in [1.54, 1.807) is 4.68 Å². The molecule has 1 aliphatic rings. The summed E-state index contributed by atoms with van der Waals surface area (Å²) in [5.41, 5.74) is 1.81. The van der Waals surface area contributed by atoms with Crippen molar-refractivity contribution in [2.45, 2.75) is 51.9 Å². The van der Waals surface area contributed by atoms with E-state index in [4.69, 9.17) is 4.74 Å². The minimum atomic E-state index is 0.0989. The molecule has 0 atom stereocenters. The number of ether oxygens (including phenoxy) is 1. The van der Waals surface area contributed by atoms with E-state index in [-0.39, 0.29) is 5.91 Å². The van der Waals surface area contributed by atoms with Gasteiger partial charge in [0.05, 0.1) is 17.5 Å². The maximum absolute atomic E-state index is 12.2. The van der Waals surface area contributed by atoms with Crippen LogP contribution in [0, 0.1) is 5.92 Å². The van der Waals surface area contributed by atoms with Gasteiger partial charge in [0.1, 0.15) is 0 Å². The van der Waals surface area contributed by atoms with E-state index >= 15 is 0 Å². The SMILES string of the molecule is CCOc1nn(C)c2ccc(NC(=O)CCC3CCCCC3)cc12. The Labute approximate surface area is 143 Å². The van der Waals surface area contributed by atoms with Crippen LogP contribution in [-0.2, 0) is 11.8 Å². The number of carbonyl (C=O) groups is 1. The number of carbonyl (C=O) groups excluding carboxylic acids is 1. The molecule has 0 aliphatic heterocycles. The van der Waals surface area contributed by atoms with Gasteiger partial charge < -0.3 is 10.1 Å². The fourth-order valence-electron chi connectivity index (χ4n) is 3.59. The lowest BCUT2D eigenvalue weighted by atomic mass is 9.86. The minimum Gasteiger partial charge on any atom is -0.476 e. The topological polar surface area (TPSA) is 56.1 Å². The van der Waals surface area contributed by atoms with Crippen LogP contribution in [0.15, 0.2) is 18.2 Å². The van der Waals surface area contributed by atoms with Crippen LogP contribution < -0.4 is 10.1 Å². The van der Waals surface area contributed by atoms with E-state index in [2.05, 4.69) is 10.4 Å². The lowest BCUT2D eigenvalue weighted by Gasteiger charge is -2.21. The van der Waals surface area contributed by atoms with Gasteiger partial charge in [-0.2, -0.15) is 0 Å². The summed E-state index contributed by atoms with van der Waals surface area (Å²) in [5.74, 6) is 1.45. The first-order chi connectivity index (χ1) is 11.7. The number of nitrogens with one attached hydrogen (secondary N) is 1. The first-order valence-electron chi connectivity index (χ1n) is 9.06. The number of fused-ring (bicyclic) bond motifs is 1. The number of hydrogen-bond acceptors (Lipinski definition) is 3. The fraction of sp³-hybridized carbons (Fsp3) is 0.579. The quantitative estimate of drug-likeness (QED) is 0.861. The molecule has 1 aromatic heterocycles. The Morgan fingerprint density at radius 3 is 2.88 bits per heavy atom. The van der Waals surface area contributed by atoms with Crippen molar-refractivity contribution in [3.8, 4) is 5.88 Å². The summed E-state index contributed by atoms with van der Waals surface area (Å²) in [6.07, 6.45) is 8.18. The standard InChI is InChI=1S/C19H27N3O2/c1-3-24-19-16-13-15(10-11-17(16)22(2)21-19)20-18(23)12-9-14-7-5-4-6-8-14/h10-11,13-14H,3-9,12H2,1-2H3,(H,20,23). The van der Waals surface area contributed by atoms with Gasteiger partial charge in [-0.05, 0) is 37.5 Å². The molecule has 0 spiro atoms. The molecule has 0 radical (unpaired) electrons. The molecule has 3 rings (SSSR count). The van der Waals surface area contributed by atoms with Crippen LogP contribution in [-0.4, -0.2) is 22.3 Å². The zero-order chi connectivity index (χ0) is 16.9. The van der Waals surface area contributed by atoms with Gasteiger partial charge in [0.25, 0.3) is 0 Å². The summed E-state index contributed by atoms with van der Waals surface area (Å²) in [6.45, 7) is 2.52. The van der Waals surface area contributed by atoms with E-state index in [0.717, 1.165) is 28.9 Å². The van der Waals surface area contributed by atoms with Crippen LogP contribution in [0.4, 0.5) is 5.69 Å². The van der Waals surface area contributed by atoms with Gasteiger partial charge in [0.2, 0.25) is 11.8 Å². The molecule has 5 heteroatoms. The predicted molar refractivity (Wildman–Crippen MR) is 96.3 cm³/mol. The van der Waals surface area contributed by atoms with Gasteiger partial charge >= 0.3 is 0 Å². The van der Waals surface area contributed by atoms with Crippen LogP contribution in [0.1, 0.15) is 51.9 Å². The summed E-state index contributed by atoms with van der Waals surface area (Å²) >= 11 is 0. The number of anilines is 1. The number of benzene rings is 1. The molecule has 1 amide bonds. The normalized spacial score (nSPS) is 15.6. The molecule has 0 saturated heterocycles. The van der Waals surface area contributed by atoms with Crippen molar-refractivity contribution in [2.24, 2.45) is 13.0 Å². The third-order valence-corrected chi connectivity index (χ3v) is 4.89. The smallest absolute Gasteiger partial charge is 0.240 e. The number of rotatable bonds is 6. The number of amides is 1. The third kappa shape index (κ3) is 3.89. The fourth-order valence-corrected chi connectivity index (χ4v) is 3.59. The van der Waals surface area contributed by atoms with E-state index < -0.39 is 0 Å². The molecular weight excluding hydrogens is 302 g/mol. The molecule has 1 fully saturated rings. The van der Waals surface area contributed by atoms with Crippen molar-refractivity contribution in [1.82, 2.24) is 9.78 Å². The van der Waals surface area contributed by atoms with Gasteiger partial charge in [0, 0.05) is 19.2 Å². The maximum Gasteiger partial charge on any atom is 0.240 e. The molecule has 1 heterocycles. The molecule has 24 heavy (non-hydrogen) atoms. The average Bonchev–Trinajstić information content (AvgIpc) is 2.90. The van der Waals surface area contributed by atoms with E-state index in [9.17, 15) is 4.79 Å². The first kappa shape index (κ1) is 16.8. The van der Waals surface area contributed by atoms with Crippen LogP contribution in [0.5, 0.6) is 5.88 Å². The van der Waals surface area contributed by atoms with Gasteiger partial charge in [-0.1, -0.05) is 32.1 Å². The van der Waals surface area contributed by atoms with Crippen molar-refractivity contribution < 1.29 is 9.53 Å². The first-order valence-corrected chi connectivity index (χ1v) is 9.06. The molecule has 1 saturated carbocycles. The molecule has 1 aromatic carbocycles. The minimum absolute atomic E-state index is 0.0989. The second kappa shape index (κ2) is 7.69. The molecule has 1 N–H and O–H groups in total. The molecule has 5 nitrogen and oxygen atoms in total. The van der Waals surface area contributed by atoms with Crippen molar-refractivity contribution in [1.29, 1.82) is 0 Å². The molecule has 1 aliphatic carbocycles.